The van der Waals surface area contributed by atoms with Gasteiger partial charge in [-0.15, -0.1) is 5.10 Å². The lowest BCUT2D eigenvalue weighted by molar-refractivity contribution is -0.128. The average Bonchev–Trinajstić information content (AvgIpc) is 3.54. The summed E-state index contributed by atoms with van der Waals surface area (Å²) in [7, 11) is 0. The van der Waals surface area contributed by atoms with Crippen LogP contribution in [0.1, 0.15) is 68.3 Å². The zero-order valence-corrected chi connectivity index (χ0v) is 21.3. The number of aromatic nitrogens is 4. The highest BCUT2D eigenvalue weighted by molar-refractivity contribution is 6.29. The van der Waals surface area contributed by atoms with Gasteiger partial charge < -0.3 is 21.3 Å². The van der Waals surface area contributed by atoms with Gasteiger partial charge in [0.15, 0.2) is 11.3 Å². The Morgan fingerprint density at radius 1 is 0.919 bits per heavy atom. The van der Waals surface area contributed by atoms with Crippen LogP contribution < -0.4 is 21.3 Å². The summed E-state index contributed by atoms with van der Waals surface area (Å²) in [4.78, 5) is 33.9. The second kappa shape index (κ2) is 10.2. The van der Waals surface area contributed by atoms with E-state index in [1.165, 1.54) is 18.8 Å². The molecule has 3 heterocycles. The number of imidazole rings is 1. The van der Waals surface area contributed by atoms with Gasteiger partial charge >= 0.3 is 0 Å². The van der Waals surface area contributed by atoms with Gasteiger partial charge in [0, 0.05) is 42.0 Å². The molecule has 3 aliphatic rings. The van der Waals surface area contributed by atoms with Crippen LogP contribution >= 0.6 is 11.6 Å². The number of hydrogen-bond donors (Lipinski definition) is 4. The molecular formula is C26H31ClN8O2. The molecule has 0 aliphatic heterocycles. The van der Waals surface area contributed by atoms with Crippen LogP contribution in [0.3, 0.4) is 0 Å². The van der Waals surface area contributed by atoms with E-state index in [-0.39, 0.29) is 29.8 Å². The summed E-state index contributed by atoms with van der Waals surface area (Å²) in [6.45, 7) is 0. The maximum Gasteiger partial charge on any atom is 0.276 e. The first-order valence-electron chi connectivity index (χ1n) is 13.2. The molecule has 2 amide bonds. The summed E-state index contributed by atoms with van der Waals surface area (Å²) in [5.41, 5.74) is 2.34. The number of anilines is 3. The minimum atomic E-state index is -0.334. The third-order valence-corrected chi connectivity index (χ3v) is 7.73. The monoisotopic (exact) mass is 522 g/mol. The van der Waals surface area contributed by atoms with E-state index >= 15 is 0 Å². The maximum absolute atomic E-state index is 13.1. The van der Waals surface area contributed by atoms with Crippen molar-refractivity contribution in [3.63, 3.8) is 0 Å². The Balaban J connectivity index is 1.17. The number of carbonyl (C=O) groups is 2. The Hall–Kier alpha value is -3.40. The van der Waals surface area contributed by atoms with Gasteiger partial charge in [0.1, 0.15) is 11.0 Å². The minimum absolute atomic E-state index is 0.223. The topological polar surface area (TPSA) is 125 Å². The highest BCUT2D eigenvalue weighted by Crippen LogP contribution is 2.31. The number of fused-ring (bicyclic) bond motifs is 1. The second-order valence-electron chi connectivity index (χ2n) is 10.4. The molecule has 0 atom stereocenters. The van der Waals surface area contributed by atoms with Gasteiger partial charge in [0.2, 0.25) is 5.91 Å². The van der Waals surface area contributed by atoms with E-state index in [2.05, 4.69) is 31.2 Å². The van der Waals surface area contributed by atoms with Gasteiger partial charge in [-0.1, -0.05) is 18.0 Å². The molecule has 0 bridgehead atoms. The predicted molar refractivity (Wildman–Crippen MR) is 142 cm³/mol. The van der Waals surface area contributed by atoms with Gasteiger partial charge in [-0.25, -0.2) is 14.5 Å². The molecule has 0 saturated heterocycles. The van der Waals surface area contributed by atoms with Gasteiger partial charge in [0.25, 0.3) is 5.91 Å². The molecule has 10 nitrogen and oxygen atoms in total. The van der Waals surface area contributed by atoms with Crippen molar-refractivity contribution in [2.24, 2.45) is 5.92 Å². The molecule has 0 unspecified atom stereocenters. The Labute approximate surface area is 220 Å². The van der Waals surface area contributed by atoms with Crippen LogP contribution in [0.25, 0.3) is 5.65 Å². The molecule has 6 rings (SSSR count). The molecule has 37 heavy (non-hydrogen) atoms. The van der Waals surface area contributed by atoms with Crippen LogP contribution in [-0.4, -0.2) is 49.5 Å². The van der Waals surface area contributed by atoms with Crippen LogP contribution in [0.15, 0.2) is 30.6 Å². The Bertz CT molecular complexity index is 1310. The fourth-order valence-electron chi connectivity index (χ4n) is 5.00. The van der Waals surface area contributed by atoms with Gasteiger partial charge in [-0.2, -0.15) is 0 Å². The van der Waals surface area contributed by atoms with Gasteiger partial charge in [0.05, 0.1) is 11.9 Å². The number of pyridine rings is 1. The highest BCUT2D eigenvalue weighted by Gasteiger charge is 2.29. The van der Waals surface area contributed by atoms with E-state index in [4.69, 9.17) is 16.7 Å². The Morgan fingerprint density at radius 3 is 2.35 bits per heavy atom. The van der Waals surface area contributed by atoms with Gasteiger partial charge in [-0.3, -0.25) is 9.59 Å². The third kappa shape index (κ3) is 5.49. The number of halogens is 1. The first kappa shape index (κ1) is 24.0. The number of nitrogens with one attached hydrogen (secondary N) is 4. The fourth-order valence-corrected chi connectivity index (χ4v) is 5.18. The summed E-state index contributed by atoms with van der Waals surface area (Å²) in [6.07, 6.45) is 12.3. The smallest absolute Gasteiger partial charge is 0.276 e. The Morgan fingerprint density at radius 2 is 1.65 bits per heavy atom. The van der Waals surface area contributed by atoms with Crippen molar-refractivity contribution in [1.29, 1.82) is 0 Å². The molecule has 11 heteroatoms. The number of amides is 2. The lowest BCUT2D eigenvalue weighted by Gasteiger charge is -2.32. The first-order valence-corrected chi connectivity index (χ1v) is 13.5. The van der Waals surface area contributed by atoms with Crippen LogP contribution in [0, 0.1) is 5.92 Å². The van der Waals surface area contributed by atoms with Crippen molar-refractivity contribution in [1.82, 2.24) is 24.9 Å². The summed E-state index contributed by atoms with van der Waals surface area (Å²) in [5, 5.41) is 18.2. The summed E-state index contributed by atoms with van der Waals surface area (Å²) in [6, 6.07) is 6.17. The minimum Gasteiger partial charge on any atom is -0.379 e. The lowest BCUT2D eigenvalue weighted by Crippen LogP contribution is -2.44. The van der Waals surface area contributed by atoms with Crippen LogP contribution in [0.4, 0.5) is 17.2 Å². The predicted octanol–water partition coefficient (Wildman–Crippen LogP) is 4.24. The van der Waals surface area contributed by atoms with Crippen LogP contribution in [-0.2, 0) is 4.79 Å². The molecule has 3 fully saturated rings. The van der Waals surface area contributed by atoms with Crippen molar-refractivity contribution in [3.05, 3.63) is 41.4 Å². The average molecular weight is 523 g/mol. The molecule has 3 aliphatic carbocycles. The van der Waals surface area contributed by atoms with E-state index in [1.807, 2.05) is 6.07 Å². The number of carbonyl (C=O) groups excluding carboxylic acids is 2. The zero-order valence-electron chi connectivity index (χ0n) is 20.5. The highest BCUT2D eigenvalue weighted by atomic mass is 35.5. The SMILES string of the molecule is O=C(Nc1ccnc(Cl)c1)c1cnc2c(NC3CC3)cc(N[C@H]3CC[C@H](NC(=O)C4CCC4)CC3)nn12. The zero-order chi connectivity index (χ0) is 25.4. The van der Waals surface area contributed by atoms with Crippen molar-refractivity contribution < 1.29 is 9.59 Å². The van der Waals surface area contributed by atoms with Gasteiger partial charge in [-0.05, 0) is 63.5 Å². The van der Waals surface area contributed by atoms with Crippen molar-refractivity contribution in [2.75, 3.05) is 16.0 Å². The van der Waals surface area contributed by atoms with Crippen molar-refractivity contribution in [3.8, 4) is 0 Å². The molecule has 4 N–H and O–H groups in total. The van der Waals surface area contributed by atoms with Crippen molar-refractivity contribution in [2.45, 2.75) is 75.9 Å². The molecular weight excluding hydrogens is 492 g/mol. The number of hydrogen-bond acceptors (Lipinski definition) is 7. The molecule has 0 spiro atoms. The first-order chi connectivity index (χ1) is 18.0. The summed E-state index contributed by atoms with van der Waals surface area (Å²) < 4.78 is 1.59. The normalized spacial score (nSPS) is 21.8. The van der Waals surface area contributed by atoms with Crippen molar-refractivity contribution >= 4 is 46.3 Å². The van der Waals surface area contributed by atoms with E-state index in [1.54, 1.807) is 16.6 Å². The Kier molecular flexibility index (Phi) is 6.58. The van der Waals surface area contributed by atoms with Crippen LogP contribution in [0.2, 0.25) is 5.15 Å². The lowest BCUT2D eigenvalue weighted by atomic mass is 9.84. The summed E-state index contributed by atoms with van der Waals surface area (Å²) in [5.74, 6) is 0.808. The van der Waals surface area contributed by atoms with E-state index in [0.717, 1.165) is 57.1 Å². The maximum atomic E-state index is 13.1. The number of rotatable bonds is 8. The molecule has 3 aromatic heterocycles. The molecule has 0 radical (unpaired) electrons. The largest absolute Gasteiger partial charge is 0.379 e. The van der Waals surface area contributed by atoms with E-state index in [0.29, 0.717) is 34.0 Å². The molecule has 0 aromatic carbocycles. The van der Waals surface area contributed by atoms with E-state index < -0.39 is 0 Å². The second-order valence-corrected chi connectivity index (χ2v) is 10.8. The molecule has 3 saturated carbocycles. The standard InChI is InChI=1S/C26H31ClN8O2/c27-22-12-19(10-11-28-22)33-26(37)21-14-29-24-20(30-16-4-5-16)13-23(34-35(21)24)31-17-6-8-18(9-7-17)32-25(36)15-2-1-3-15/h10-18,30H,1-9H2,(H,31,34)(H,32,36)(H,28,33,37)/t17-,18-. The summed E-state index contributed by atoms with van der Waals surface area (Å²) >= 11 is 5.96. The number of nitrogens with zero attached hydrogens (tertiary/aromatic N) is 4. The molecule has 194 valence electrons. The quantitative estimate of drug-likeness (QED) is 0.326. The fraction of sp³-hybridized carbons (Fsp3) is 0.500. The third-order valence-electron chi connectivity index (χ3n) is 7.52. The van der Waals surface area contributed by atoms with E-state index in [9.17, 15) is 9.59 Å². The molecule has 3 aromatic rings. The van der Waals surface area contributed by atoms with Crippen LogP contribution in [0.5, 0.6) is 0 Å².